The van der Waals surface area contributed by atoms with Gasteiger partial charge in [-0.2, -0.15) is 0 Å². The molecule has 0 spiro atoms. The van der Waals surface area contributed by atoms with Gasteiger partial charge in [-0.1, -0.05) is 223 Å². The van der Waals surface area contributed by atoms with E-state index in [1.807, 2.05) is 21.1 Å². The molecule has 0 aromatic carbocycles. The third-order valence-corrected chi connectivity index (χ3v) is 12.6. The standard InChI is InChI=1S/C55H102NO8P/c1-6-8-10-12-14-16-18-20-22-24-26-27-28-29-30-32-34-36-38-40-42-44-46-48-55(58)64-53(52-63-65(59,60)62-50-49-56(3,4)5)51-61-54(57)47-45-43-41-39-37-35-33-31-25-23-21-19-17-15-13-11-9-7-2/h8,10,14,16,20,22,26-27,53H,6-7,9,11-13,15,17-19,21,23-25,28-52H2,1-5H3/p+1/b10-8-,16-14-,22-20-,27-26-. The number of carbonyl (C=O) groups excluding carboxylic acids is 2. The van der Waals surface area contributed by atoms with Gasteiger partial charge in [0.05, 0.1) is 27.7 Å². The number of phosphoric ester groups is 1. The van der Waals surface area contributed by atoms with Gasteiger partial charge in [0.25, 0.3) is 0 Å². The van der Waals surface area contributed by atoms with E-state index in [0.717, 1.165) is 70.6 Å². The molecule has 2 atom stereocenters. The summed E-state index contributed by atoms with van der Waals surface area (Å²) in [6.07, 6.45) is 57.3. The molecule has 9 nitrogen and oxygen atoms in total. The zero-order valence-corrected chi connectivity index (χ0v) is 43.9. The molecule has 0 amide bonds. The average Bonchev–Trinajstić information content (AvgIpc) is 3.26. The average molecular weight is 937 g/mol. The second-order valence-electron chi connectivity index (χ2n) is 19.2. The van der Waals surface area contributed by atoms with Crippen molar-refractivity contribution in [3.05, 3.63) is 48.6 Å². The van der Waals surface area contributed by atoms with Crippen molar-refractivity contribution in [1.82, 2.24) is 0 Å². The van der Waals surface area contributed by atoms with Gasteiger partial charge in [0.1, 0.15) is 19.8 Å². The molecule has 0 aromatic rings. The predicted molar refractivity (Wildman–Crippen MR) is 275 cm³/mol. The molecular formula is C55H103NO8P+. The topological polar surface area (TPSA) is 108 Å². The Kier molecular flexibility index (Phi) is 45.6. The van der Waals surface area contributed by atoms with E-state index in [1.165, 1.54) is 135 Å². The van der Waals surface area contributed by atoms with Crippen LogP contribution in [0.4, 0.5) is 0 Å². The van der Waals surface area contributed by atoms with Gasteiger partial charge in [-0.3, -0.25) is 18.6 Å². The van der Waals surface area contributed by atoms with Gasteiger partial charge in [-0.25, -0.2) is 4.57 Å². The number of likely N-dealkylation sites (N-methyl/N-ethyl adjacent to an activating group) is 1. The maximum atomic E-state index is 12.8. The second kappa shape index (κ2) is 47.1. The summed E-state index contributed by atoms with van der Waals surface area (Å²) in [4.78, 5) is 35.6. The zero-order valence-electron chi connectivity index (χ0n) is 43.0. The van der Waals surface area contributed by atoms with Gasteiger partial charge in [0.15, 0.2) is 6.10 Å². The summed E-state index contributed by atoms with van der Waals surface area (Å²) >= 11 is 0. The van der Waals surface area contributed by atoms with E-state index in [0.29, 0.717) is 23.9 Å². The number of ether oxygens (including phenoxy) is 2. The lowest BCUT2D eigenvalue weighted by Crippen LogP contribution is -2.37. The van der Waals surface area contributed by atoms with Crippen molar-refractivity contribution in [2.24, 2.45) is 0 Å². The summed E-state index contributed by atoms with van der Waals surface area (Å²) in [5.41, 5.74) is 0. The lowest BCUT2D eigenvalue weighted by atomic mass is 10.0. The highest BCUT2D eigenvalue weighted by atomic mass is 31.2. The van der Waals surface area contributed by atoms with Crippen LogP contribution in [0.3, 0.4) is 0 Å². The number of unbranched alkanes of at least 4 members (excludes halogenated alkanes) is 27. The lowest BCUT2D eigenvalue weighted by molar-refractivity contribution is -0.870. The zero-order chi connectivity index (χ0) is 47.8. The maximum absolute atomic E-state index is 12.8. The Bertz CT molecular complexity index is 1240. The number of quaternary nitrogens is 1. The van der Waals surface area contributed by atoms with Crippen molar-refractivity contribution in [2.75, 3.05) is 47.5 Å². The largest absolute Gasteiger partial charge is 0.472 e. The molecule has 0 saturated carbocycles. The van der Waals surface area contributed by atoms with Gasteiger partial charge >= 0.3 is 19.8 Å². The van der Waals surface area contributed by atoms with Crippen LogP contribution in [-0.2, 0) is 32.7 Å². The first-order valence-electron chi connectivity index (χ1n) is 26.9. The number of hydrogen-bond donors (Lipinski definition) is 1. The number of phosphoric acid groups is 1. The molecular weight excluding hydrogens is 834 g/mol. The predicted octanol–water partition coefficient (Wildman–Crippen LogP) is 16.2. The molecule has 10 heteroatoms. The third-order valence-electron chi connectivity index (χ3n) is 11.6. The third kappa shape index (κ3) is 51.2. The molecule has 0 saturated heterocycles. The van der Waals surface area contributed by atoms with E-state index >= 15 is 0 Å². The molecule has 65 heavy (non-hydrogen) atoms. The second-order valence-corrected chi connectivity index (χ2v) is 20.7. The van der Waals surface area contributed by atoms with Crippen LogP contribution in [0, 0.1) is 0 Å². The fourth-order valence-corrected chi connectivity index (χ4v) is 8.22. The Morgan fingerprint density at radius 1 is 0.492 bits per heavy atom. The summed E-state index contributed by atoms with van der Waals surface area (Å²) in [5.74, 6) is -0.794. The molecule has 0 aliphatic heterocycles. The van der Waals surface area contributed by atoms with Crippen molar-refractivity contribution in [1.29, 1.82) is 0 Å². The number of nitrogens with zero attached hydrogens (tertiary/aromatic N) is 1. The Morgan fingerprint density at radius 3 is 1.31 bits per heavy atom. The monoisotopic (exact) mass is 937 g/mol. The minimum atomic E-state index is -4.38. The Balaban J connectivity index is 4.21. The van der Waals surface area contributed by atoms with Crippen molar-refractivity contribution in [2.45, 2.75) is 245 Å². The van der Waals surface area contributed by atoms with E-state index in [1.54, 1.807) is 0 Å². The summed E-state index contributed by atoms with van der Waals surface area (Å²) in [6, 6.07) is 0. The number of allylic oxidation sites excluding steroid dienone is 8. The quantitative estimate of drug-likeness (QED) is 0.0211. The first-order valence-corrected chi connectivity index (χ1v) is 28.4. The van der Waals surface area contributed by atoms with Gasteiger partial charge in [-0.15, -0.1) is 0 Å². The van der Waals surface area contributed by atoms with E-state index in [9.17, 15) is 19.0 Å². The highest BCUT2D eigenvalue weighted by Crippen LogP contribution is 2.43. The summed E-state index contributed by atoms with van der Waals surface area (Å²) in [7, 11) is 1.48. The molecule has 1 N–H and O–H groups in total. The van der Waals surface area contributed by atoms with E-state index in [4.69, 9.17) is 18.5 Å². The molecule has 2 unspecified atom stereocenters. The first kappa shape index (κ1) is 63.0. The minimum Gasteiger partial charge on any atom is -0.462 e. The Morgan fingerprint density at radius 2 is 0.877 bits per heavy atom. The van der Waals surface area contributed by atoms with Crippen molar-refractivity contribution in [3.63, 3.8) is 0 Å². The lowest BCUT2D eigenvalue weighted by Gasteiger charge is -2.24. The molecule has 0 rings (SSSR count). The van der Waals surface area contributed by atoms with E-state index in [2.05, 4.69) is 62.5 Å². The highest BCUT2D eigenvalue weighted by molar-refractivity contribution is 7.47. The van der Waals surface area contributed by atoms with Crippen molar-refractivity contribution < 1.29 is 42.1 Å². The summed E-state index contributed by atoms with van der Waals surface area (Å²) in [5, 5.41) is 0. The maximum Gasteiger partial charge on any atom is 0.472 e. The van der Waals surface area contributed by atoms with Crippen LogP contribution in [0.25, 0.3) is 0 Å². The molecule has 0 fully saturated rings. The molecule has 0 aliphatic rings. The van der Waals surface area contributed by atoms with E-state index in [-0.39, 0.29) is 25.6 Å². The van der Waals surface area contributed by atoms with Crippen LogP contribution in [0.2, 0.25) is 0 Å². The first-order chi connectivity index (χ1) is 31.5. The SMILES string of the molecule is CC/C=C\C/C=C\C/C=C\C/C=C\CCCCCCCCCCCCC(=O)OC(COC(=O)CCCCCCCCCCCCCCCCCCCC)COP(=O)(O)OCC[N+](C)(C)C. The molecule has 0 heterocycles. The van der Waals surface area contributed by atoms with Crippen LogP contribution < -0.4 is 0 Å². The fraction of sp³-hybridized carbons (Fsp3) is 0.818. The fourth-order valence-electron chi connectivity index (χ4n) is 7.48. The summed E-state index contributed by atoms with van der Waals surface area (Å²) < 4.78 is 34.5. The smallest absolute Gasteiger partial charge is 0.462 e. The van der Waals surface area contributed by atoms with Crippen LogP contribution in [0.1, 0.15) is 239 Å². The van der Waals surface area contributed by atoms with Gasteiger partial charge in [0.2, 0.25) is 0 Å². The van der Waals surface area contributed by atoms with Crippen LogP contribution in [0.15, 0.2) is 48.6 Å². The van der Waals surface area contributed by atoms with Crippen LogP contribution in [-0.4, -0.2) is 74.9 Å². The Hall–Kier alpha value is -2.03. The van der Waals surface area contributed by atoms with Gasteiger partial charge in [-0.05, 0) is 51.4 Å². The minimum absolute atomic E-state index is 0.0311. The number of hydrogen-bond acceptors (Lipinski definition) is 7. The van der Waals surface area contributed by atoms with Gasteiger partial charge in [0, 0.05) is 12.8 Å². The normalized spacial score (nSPS) is 13.8. The number of esters is 2. The van der Waals surface area contributed by atoms with Crippen LogP contribution >= 0.6 is 7.82 Å². The van der Waals surface area contributed by atoms with Gasteiger partial charge < -0.3 is 18.9 Å². The Labute approximate surface area is 401 Å². The molecule has 380 valence electrons. The molecule has 0 radical (unpaired) electrons. The number of rotatable bonds is 49. The van der Waals surface area contributed by atoms with Crippen molar-refractivity contribution >= 4 is 19.8 Å². The molecule has 0 aliphatic carbocycles. The van der Waals surface area contributed by atoms with Crippen molar-refractivity contribution in [3.8, 4) is 0 Å². The number of carbonyl (C=O) groups is 2. The van der Waals surface area contributed by atoms with E-state index < -0.39 is 26.5 Å². The van der Waals surface area contributed by atoms with Crippen LogP contribution in [0.5, 0.6) is 0 Å². The molecule has 0 aromatic heterocycles. The summed E-state index contributed by atoms with van der Waals surface area (Å²) in [6.45, 7) is 4.34. The molecule has 0 bridgehead atoms. The highest BCUT2D eigenvalue weighted by Gasteiger charge is 2.27.